The van der Waals surface area contributed by atoms with Crippen molar-refractivity contribution < 1.29 is 9.59 Å². The Kier molecular flexibility index (Phi) is 9.58. The number of benzene rings is 3. The predicted octanol–water partition coefficient (Wildman–Crippen LogP) is 5.38. The number of nitrogens with one attached hydrogen (secondary N) is 1. The first kappa shape index (κ1) is 25.1. The molecule has 0 radical (unpaired) electrons. The van der Waals surface area contributed by atoms with Crippen LogP contribution in [0.25, 0.3) is 0 Å². The molecule has 1 N–H and O–H groups in total. The van der Waals surface area contributed by atoms with E-state index in [4.69, 9.17) is 0 Å². The van der Waals surface area contributed by atoms with Gasteiger partial charge >= 0.3 is 0 Å². The third kappa shape index (κ3) is 7.76. The number of likely N-dealkylation sites (N-methyl/N-ethyl adjacent to an activating group) is 1. The molecule has 0 aliphatic rings. The summed E-state index contributed by atoms with van der Waals surface area (Å²) in [5.74, 6) is 0.853. The van der Waals surface area contributed by atoms with Crippen molar-refractivity contribution in [3.8, 4) is 0 Å². The maximum atomic E-state index is 13.4. The van der Waals surface area contributed by atoms with Gasteiger partial charge in [-0.2, -0.15) is 0 Å². The number of hydrogen-bond donors (Lipinski definition) is 1. The van der Waals surface area contributed by atoms with Gasteiger partial charge in [-0.05, 0) is 35.7 Å². The van der Waals surface area contributed by atoms with Crippen molar-refractivity contribution in [2.24, 2.45) is 0 Å². The Bertz CT molecular complexity index is 1060. The second-order valence-electron chi connectivity index (χ2n) is 7.95. The highest BCUT2D eigenvalue weighted by Crippen LogP contribution is 2.20. The van der Waals surface area contributed by atoms with Gasteiger partial charge in [0.1, 0.15) is 6.04 Å². The zero-order chi connectivity index (χ0) is 23.6. The van der Waals surface area contributed by atoms with Crippen molar-refractivity contribution in [1.82, 2.24) is 10.2 Å². The maximum absolute atomic E-state index is 13.4. The number of nitrogens with zero attached hydrogens (tertiary/aromatic N) is 1. The van der Waals surface area contributed by atoms with Crippen LogP contribution in [0.3, 0.4) is 0 Å². The summed E-state index contributed by atoms with van der Waals surface area (Å²) in [6.07, 6.45) is 0.468. The van der Waals surface area contributed by atoms with Crippen molar-refractivity contribution in [3.63, 3.8) is 0 Å². The zero-order valence-electron chi connectivity index (χ0n) is 19.0. The number of halogens is 1. The van der Waals surface area contributed by atoms with Crippen LogP contribution in [0.15, 0.2) is 83.3 Å². The van der Waals surface area contributed by atoms with E-state index >= 15 is 0 Å². The standard InChI is InChI=1S/C27H29BrN2O2S/c1-20-7-6-10-23(15-20)17-30(25(27(32)29-2)16-21-8-4-3-5-9-21)26(31)19-33-18-22-11-13-24(28)14-12-22/h3-15,25H,16-19H2,1-2H3,(H,29,32)/t25-/m1/s1. The summed E-state index contributed by atoms with van der Waals surface area (Å²) in [4.78, 5) is 28.1. The topological polar surface area (TPSA) is 49.4 Å². The van der Waals surface area contributed by atoms with Crippen LogP contribution >= 0.6 is 27.7 Å². The average Bonchev–Trinajstić information content (AvgIpc) is 2.82. The van der Waals surface area contributed by atoms with Crippen LogP contribution in [0.5, 0.6) is 0 Å². The largest absolute Gasteiger partial charge is 0.357 e. The highest BCUT2D eigenvalue weighted by molar-refractivity contribution is 9.10. The molecule has 0 unspecified atom stereocenters. The lowest BCUT2D eigenvalue weighted by Crippen LogP contribution is -2.50. The molecule has 0 fully saturated rings. The van der Waals surface area contributed by atoms with E-state index in [1.54, 1.807) is 23.7 Å². The number of hydrogen-bond acceptors (Lipinski definition) is 3. The summed E-state index contributed by atoms with van der Waals surface area (Å²) in [7, 11) is 1.62. The van der Waals surface area contributed by atoms with Crippen LogP contribution in [0.2, 0.25) is 0 Å². The minimum Gasteiger partial charge on any atom is -0.357 e. The highest BCUT2D eigenvalue weighted by Gasteiger charge is 2.29. The number of carbonyl (C=O) groups is 2. The summed E-state index contributed by atoms with van der Waals surface area (Å²) >= 11 is 5.02. The molecule has 0 bridgehead atoms. The molecular weight excluding hydrogens is 496 g/mol. The number of amides is 2. The van der Waals surface area contributed by atoms with E-state index < -0.39 is 6.04 Å². The molecule has 0 aliphatic heterocycles. The predicted molar refractivity (Wildman–Crippen MR) is 140 cm³/mol. The van der Waals surface area contributed by atoms with Gasteiger partial charge in [0, 0.05) is 30.2 Å². The Balaban J connectivity index is 1.80. The number of carbonyl (C=O) groups excluding carboxylic acids is 2. The van der Waals surface area contributed by atoms with Crippen molar-refractivity contribution in [1.29, 1.82) is 0 Å². The van der Waals surface area contributed by atoms with E-state index in [9.17, 15) is 9.59 Å². The van der Waals surface area contributed by atoms with Gasteiger partial charge in [0.2, 0.25) is 11.8 Å². The second kappa shape index (κ2) is 12.6. The molecule has 0 spiro atoms. The Morgan fingerprint density at radius 2 is 1.64 bits per heavy atom. The molecule has 4 nitrogen and oxygen atoms in total. The van der Waals surface area contributed by atoms with Gasteiger partial charge < -0.3 is 10.2 Å². The molecule has 0 aromatic heterocycles. The van der Waals surface area contributed by atoms with E-state index in [2.05, 4.69) is 39.4 Å². The smallest absolute Gasteiger partial charge is 0.242 e. The SMILES string of the molecule is CNC(=O)[C@@H](Cc1ccccc1)N(Cc1cccc(C)c1)C(=O)CSCc1ccc(Br)cc1. The first-order chi connectivity index (χ1) is 16.0. The van der Waals surface area contributed by atoms with Gasteiger partial charge in [-0.1, -0.05) is 88.2 Å². The Hall–Kier alpha value is -2.57. The number of rotatable bonds is 10. The lowest BCUT2D eigenvalue weighted by Gasteiger charge is -2.31. The van der Waals surface area contributed by atoms with Crippen LogP contribution in [-0.4, -0.2) is 35.6 Å². The second-order valence-corrected chi connectivity index (χ2v) is 9.85. The number of thioether (sulfide) groups is 1. The average molecular weight is 526 g/mol. The van der Waals surface area contributed by atoms with Crippen LogP contribution in [0.4, 0.5) is 0 Å². The highest BCUT2D eigenvalue weighted by atomic mass is 79.9. The molecule has 33 heavy (non-hydrogen) atoms. The van der Waals surface area contributed by atoms with Crippen molar-refractivity contribution >= 4 is 39.5 Å². The summed E-state index contributed by atoms with van der Waals surface area (Å²) in [5.41, 5.74) is 4.33. The molecule has 1 atom stereocenters. The Morgan fingerprint density at radius 3 is 2.30 bits per heavy atom. The van der Waals surface area contributed by atoms with E-state index in [1.165, 1.54) is 0 Å². The summed E-state index contributed by atoms with van der Waals surface area (Å²) in [6.45, 7) is 2.42. The quantitative estimate of drug-likeness (QED) is 0.387. The number of aryl methyl sites for hydroxylation is 1. The van der Waals surface area contributed by atoms with Crippen molar-refractivity contribution in [3.05, 3.63) is 106 Å². The zero-order valence-corrected chi connectivity index (χ0v) is 21.4. The van der Waals surface area contributed by atoms with E-state index in [0.29, 0.717) is 18.7 Å². The Morgan fingerprint density at radius 1 is 0.939 bits per heavy atom. The minimum absolute atomic E-state index is 0.0388. The molecule has 3 aromatic rings. The Labute approximate surface area is 208 Å². The first-order valence-electron chi connectivity index (χ1n) is 10.9. The molecular formula is C27H29BrN2O2S. The van der Waals surface area contributed by atoms with Crippen LogP contribution in [0.1, 0.15) is 22.3 Å². The van der Waals surface area contributed by atoms with Gasteiger partial charge in [0.25, 0.3) is 0 Å². The fourth-order valence-corrected chi connectivity index (χ4v) is 4.78. The fourth-order valence-electron chi connectivity index (χ4n) is 3.65. The first-order valence-corrected chi connectivity index (χ1v) is 12.8. The molecule has 172 valence electrons. The third-order valence-electron chi connectivity index (χ3n) is 5.36. The normalized spacial score (nSPS) is 11.6. The summed E-state index contributed by atoms with van der Waals surface area (Å²) < 4.78 is 1.03. The maximum Gasteiger partial charge on any atom is 0.242 e. The van der Waals surface area contributed by atoms with Crippen molar-refractivity contribution in [2.45, 2.75) is 31.7 Å². The van der Waals surface area contributed by atoms with Crippen LogP contribution < -0.4 is 5.32 Å². The molecule has 2 amide bonds. The summed E-state index contributed by atoms with van der Waals surface area (Å²) in [5, 5.41) is 2.76. The fraction of sp³-hybridized carbons (Fsp3) is 0.259. The van der Waals surface area contributed by atoms with Crippen molar-refractivity contribution in [2.75, 3.05) is 12.8 Å². The van der Waals surface area contributed by atoms with Gasteiger partial charge in [-0.3, -0.25) is 9.59 Å². The molecule has 0 aliphatic carbocycles. The lowest BCUT2D eigenvalue weighted by atomic mass is 10.0. The summed E-state index contributed by atoms with van der Waals surface area (Å²) in [6, 6.07) is 25.5. The minimum atomic E-state index is -0.585. The van der Waals surface area contributed by atoms with Gasteiger partial charge in [0.05, 0.1) is 5.75 Å². The third-order valence-corrected chi connectivity index (χ3v) is 6.88. The molecule has 3 aromatic carbocycles. The van der Waals surface area contributed by atoms with Gasteiger partial charge in [0.15, 0.2) is 0 Å². The van der Waals surface area contributed by atoms with E-state index in [0.717, 1.165) is 32.5 Å². The van der Waals surface area contributed by atoms with Crippen LogP contribution in [-0.2, 0) is 28.3 Å². The molecule has 6 heteroatoms. The van der Waals surface area contributed by atoms with E-state index in [1.807, 2.05) is 67.6 Å². The lowest BCUT2D eigenvalue weighted by molar-refractivity contribution is -0.139. The van der Waals surface area contributed by atoms with E-state index in [-0.39, 0.29) is 11.8 Å². The van der Waals surface area contributed by atoms with Crippen LogP contribution in [0, 0.1) is 6.92 Å². The van der Waals surface area contributed by atoms with Gasteiger partial charge in [-0.25, -0.2) is 0 Å². The molecule has 0 saturated heterocycles. The molecule has 0 saturated carbocycles. The molecule has 0 heterocycles. The monoisotopic (exact) mass is 524 g/mol. The molecule has 3 rings (SSSR count). The van der Waals surface area contributed by atoms with Gasteiger partial charge in [-0.15, -0.1) is 11.8 Å².